The Hall–Kier alpha value is -1.36. The Kier molecular flexibility index (Phi) is 4.28. The number of nitrogens with zero attached hydrogens (tertiary/aromatic N) is 1. The Labute approximate surface area is 102 Å². The summed E-state index contributed by atoms with van der Waals surface area (Å²) in [6.45, 7) is 7.79. The highest BCUT2D eigenvalue weighted by Crippen LogP contribution is 2.24. The molecule has 0 aliphatic carbocycles. The number of ether oxygens (including phenoxy) is 1. The number of nitrogens with one attached hydrogen (secondary N) is 1. The maximum atomic E-state index is 12.1. The third kappa shape index (κ3) is 3.06. The van der Waals surface area contributed by atoms with Crippen molar-refractivity contribution in [3.63, 3.8) is 0 Å². The molecule has 0 saturated carbocycles. The van der Waals surface area contributed by atoms with Gasteiger partial charge in [-0.15, -0.1) is 0 Å². The zero-order valence-corrected chi connectivity index (χ0v) is 11.1. The molecule has 0 aromatic carbocycles. The van der Waals surface area contributed by atoms with Crippen molar-refractivity contribution in [3.05, 3.63) is 11.5 Å². The molecular formula is C12H20N2O3. The summed E-state index contributed by atoms with van der Waals surface area (Å²) in [6.07, 6.45) is 0.696. The third-order valence-corrected chi connectivity index (χ3v) is 2.61. The minimum Gasteiger partial charge on any atom is -0.384 e. The molecule has 0 saturated heterocycles. The number of methoxy groups -OCH3 is 1. The van der Waals surface area contributed by atoms with Crippen molar-refractivity contribution >= 4 is 11.6 Å². The molecule has 1 heterocycles. The van der Waals surface area contributed by atoms with E-state index in [4.69, 9.17) is 9.26 Å². The van der Waals surface area contributed by atoms with E-state index in [9.17, 15) is 4.79 Å². The minimum absolute atomic E-state index is 0.0969. The van der Waals surface area contributed by atoms with Gasteiger partial charge in [-0.25, -0.2) is 0 Å². The Balaban J connectivity index is 2.84. The molecular weight excluding hydrogens is 220 g/mol. The van der Waals surface area contributed by atoms with E-state index in [-0.39, 0.29) is 5.91 Å². The van der Waals surface area contributed by atoms with Crippen molar-refractivity contribution in [1.82, 2.24) is 5.16 Å². The second-order valence-electron chi connectivity index (χ2n) is 4.69. The number of carbonyl (C=O) groups is 1. The predicted molar refractivity (Wildman–Crippen MR) is 64.9 cm³/mol. The fraction of sp³-hybridized carbons (Fsp3) is 0.667. The molecule has 1 aromatic heterocycles. The van der Waals surface area contributed by atoms with Crippen LogP contribution in [0.1, 0.15) is 32.2 Å². The molecule has 0 unspecified atom stereocenters. The number of aryl methyl sites for hydroxylation is 2. The number of amides is 1. The summed E-state index contributed by atoms with van der Waals surface area (Å²) >= 11 is 0. The first-order valence-corrected chi connectivity index (χ1v) is 5.68. The summed E-state index contributed by atoms with van der Waals surface area (Å²) in [5.41, 5.74) is 0.800. The molecule has 0 aliphatic heterocycles. The molecule has 96 valence electrons. The molecule has 0 spiro atoms. The van der Waals surface area contributed by atoms with Crippen LogP contribution in [0, 0.1) is 12.3 Å². The molecule has 0 fully saturated rings. The van der Waals surface area contributed by atoms with Gasteiger partial charge in [-0.2, -0.15) is 0 Å². The van der Waals surface area contributed by atoms with Crippen LogP contribution in [0.15, 0.2) is 4.52 Å². The van der Waals surface area contributed by atoms with Crippen LogP contribution in [-0.4, -0.2) is 24.8 Å². The van der Waals surface area contributed by atoms with Crippen LogP contribution in [0.2, 0.25) is 0 Å². The van der Waals surface area contributed by atoms with Crippen molar-refractivity contribution in [2.45, 2.75) is 34.1 Å². The standard InChI is InChI=1S/C12H20N2O3/c1-6-9-10(8(2)14-17-9)13-11(15)12(3,4)7-16-5/h6-7H2,1-5H3,(H,13,15). The van der Waals surface area contributed by atoms with Crippen LogP contribution < -0.4 is 5.32 Å². The molecule has 17 heavy (non-hydrogen) atoms. The molecule has 1 rings (SSSR count). The lowest BCUT2D eigenvalue weighted by molar-refractivity contribution is -0.126. The van der Waals surface area contributed by atoms with E-state index in [0.717, 1.165) is 0 Å². The first-order chi connectivity index (χ1) is 7.92. The van der Waals surface area contributed by atoms with Crippen LogP contribution in [0.3, 0.4) is 0 Å². The summed E-state index contributed by atoms with van der Waals surface area (Å²) in [5, 5.41) is 6.71. The molecule has 0 atom stereocenters. The second-order valence-corrected chi connectivity index (χ2v) is 4.69. The SMILES string of the molecule is CCc1onc(C)c1NC(=O)C(C)(C)COC. The van der Waals surface area contributed by atoms with Gasteiger partial charge in [0, 0.05) is 13.5 Å². The average Bonchev–Trinajstić information content (AvgIpc) is 2.60. The first kappa shape index (κ1) is 13.7. The van der Waals surface area contributed by atoms with Crippen molar-refractivity contribution in [2.24, 2.45) is 5.41 Å². The maximum Gasteiger partial charge on any atom is 0.232 e. The normalized spacial score (nSPS) is 11.6. The number of anilines is 1. The minimum atomic E-state index is -0.580. The number of rotatable bonds is 5. The molecule has 1 aromatic rings. The lowest BCUT2D eigenvalue weighted by atomic mass is 9.93. The third-order valence-electron chi connectivity index (χ3n) is 2.61. The van der Waals surface area contributed by atoms with Gasteiger partial charge >= 0.3 is 0 Å². The molecule has 0 bridgehead atoms. The van der Waals surface area contributed by atoms with E-state index in [0.29, 0.717) is 30.2 Å². The van der Waals surface area contributed by atoms with Crippen LogP contribution in [0.25, 0.3) is 0 Å². The van der Waals surface area contributed by atoms with Gasteiger partial charge in [0.1, 0.15) is 11.4 Å². The predicted octanol–water partition coefficient (Wildman–Crippen LogP) is 2.16. The van der Waals surface area contributed by atoms with Gasteiger partial charge in [0.05, 0.1) is 12.0 Å². The van der Waals surface area contributed by atoms with Gasteiger partial charge < -0.3 is 14.6 Å². The average molecular weight is 240 g/mol. The first-order valence-electron chi connectivity index (χ1n) is 5.68. The Bertz CT molecular complexity index is 396. The summed E-state index contributed by atoms with van der Waals surface area (Å²) in [5.74, 6) is 0.601. The lowest BCUT2D eigenvalue weighted by Crippen LogP contribution is -2.34. The monoisotopic (exact) mass is 240 g/mol. The van der Waals surface area contributed by atoms with Gasteiger partial charge in [-0.1, -0.05) is 12.1 Å². The van der Waals surface area contributed by atoms with E-state index in [1.807, 2.05) is 27.7 Å². The van der Waals surface area contributed by atoms with Crippen molar-refractivity contribution in [3.8, 4) is 0 Å². The van der Waals surface area contributed by atoms with Crippen molar-refractivity contribution in [2.75, 3.05) is 19.0 Å². The van der Waals surface area contributed by atoms with E-state index < -0.39 is 5.41 Å². The van der Waals surface area contributed by atoms with Crippen LogP contribution in [0.5, 0.6) is 0 Å². The fourth-order valence-electron chi connectivity index (χ4n) is 1.53. The molecule has 0 radical (unpaired) electrons. The zero-order chi connectivity index (χ0) is 13.1. The summed E-state index contributed by atoms with van der Waals surface area (Å²) < 4.78 is 10.2. The maximum absolute atomic E-state index is 12.1. The largest absolute Gasteiger partial charge is 0.384 e. The zero-order valence-electron chi connectivity index (χ0n) is 11.1. The van der Waals surface area contributed by atoms with Crippen molar-refractivity contribution in [1.29, 1.82) is 0 Å². The summed E-state index contributed by atoms with van der Waals surface area (Å²) in [7, 11) is 1.58. The molecule has 5 nitrogen and oxygen atoms in total. The molecule has 1 N–H and O–H groups in total. The summed E-state index contributed by atoms with van der Waals surface area (Å²) in [6, 6.07) is 0. The van der Waals surface area contributed by atoms with Crippen LogP contribution in [0.4, 0.5) is 5.69 Å². The quantitative estimate of drug-likeness (QED) is 0.856. The van der Waals surface area contributed by atoms with Crippen molar-refractivity contribution < 1.29 is 14.1 Å². The van der Waals surface area contributed by atoms with Gasteiger partial charge in [0.2, 0.25) is 5.91 Å². The second kappa shape index (κ2) is 5.31. The molecule has 1 amide bonds. The van der Waals surface area contributed by atoms with E-state index in [1.165, 1.54) is 0 Å². The number of hydrogen-bond donors (Lipinski definition) is 1. The van der Waals surface area contributed by atoms with E-state index >= 15 is 0 Å². The Morgan fingerprint density at radius 3 is 2.71 bits per heavy atom. The summed E-state index contributed by atoms with van der Waals surface area (Å²) in [4.78, 5) is 12.1. The van der Waals surface area contributed by atoms with Crippen LogP contribution in [-0.2, 0) is 16.0 Å². The number of aromatic nitrogens is 1. The van der Waals surface area contributed by atoms with Crippen LogP contribution >= 0.6 is 0 Å². The molecule has 0 aliphatic rings. The van der Waals surface area contributed by atoms with Gasteiger partial charge in [-0.3, -0.25) is 4.79 Å². The smallest absolute Gasteiger partial charge is 0.232 e. The topological polar surface area (TPSA) is 64.4 Å². The molecule has 5 heteroatoms. The van der Waals surface area contributed by atoms with Gasteiger partial charge in [0.25, 0.3) is 0 Å². The number of carbonyl (C=O) groups excluding carboxylic acids is 1. The lowest BCUT2D eigenvalue weighted by Gasteiger charge is -2.22. The highest BCUT2D eigenvalue weighted by molar-refractivity contribution is 5.95. The van der Waals surface area contributed by atoms with E-state index in [2.05, 4.69) is 10.5 Å². The Morgan fingerprint density at radius 1 is 1.53 bits per heavy atom. The Morgan fingerprint density at radius 2 is 2.18 bits per heavy atom. The fourth-order valence-corrected chi connectivity index (χ4v) is 1.53. The highest BCUT2D eigenvalue weighted by atomic mass is 16.5. The van der Waals surface area contributed by atoms with Gasteiger partial charge in [0.15, 0.2) is 5.76 Å². The van der Waals surface area contributed by atoms with Gasteiger partial charge in [-0.05, 0) is 20.8 Å². The highest BCUT2D eigenvalue weighted by Gasteiger charge is 2.29. The van der Waals surface area contributed by atoms with E-state index in [1.54, 1.807) is 7.11 Å². The number of hydrogen-bond acceptors (Lipinski definition) is 4.